The molecule has 0 aliphatic carbocycles. The van der Waals surface area contributed by atoms with Gasteiger partial charge < -0.3 is 9.30 Å². The molecular weight excluding hydrogens is 258 g/mol. The lowest BCUT2D eigenvalue weighted by Gasteiger charge is -2.07. The van der Waals surface area contributed by atoms with E-state index in [1.165, 1.54) is 0 Å². The minimum Gasteiger partial charge on any atom is -0.497 e. The summed E-state index contributed by atoms with van der Waals surface area (Å²) in [6, 6.07) is 7.86. The quantitative estimate of drug-likeness (QED) is 0.599. The van der Waals surface area contributed by atoms with E-state index in [0.29, 0.717) is 0 Å². The molecule has 0 unspecified atom stereocenters. The van der Waals surface area contributed by atoms with Gasteiger partial charge in [-0.3, -0.25) is 0 Å². The monoisotopic (exact) mass is 275 g/mol. The first-order valence-electron chi connectivity index (χ1n) is 6.11. The number of rotatable bonds is 6. The van der Waals surface area contributed by atoms with E-state index in [9.17, 15) is 0 Å². The number of benzene rings is 1. The average Bonchev–Trinajstić information content (AvgIpc) is 2.88. The fourth-order valence-corrected chi connectivity index (χ4v) is 2.50. The van der Waals surface area contributed by atoms with Crippen molar-refractivity contribution >= 4 is 11.8 Å². The van der Waals surface area contributed by atoms with Gasteiger partial charge in [0.1, 0.15) is 5.75 Å². The second-order valence-electron chi connectivity index (χ2n) is 3.88. The molecule has 2 rings (SSSR count). The molecule has 0 bridgehead atoms. The highest BCUT2D eigenvalue weighted by molar-refractivity contribution is 7.99. The van der Waals surface area contributed by atoms with Crippen molar-refractivity contribution in [3.05, 3.63) is 36.9 Å². The third-order valence-electron chi connectivity index (χ3n) is 2.71. The maximum absolute atomic E-state index is 5.16. The van der Waals surface area contributed by atoms with Crippen LogP contribution in [0.4, 0.5) is 0 Å². The molecular formula is C14H17N3OS. The van der Waals surface area contributed by atoms with E-state index in [1.807, 2.05) is 30.3 Å². The first-order valence-corrected chi connectivity index (χ1v) is 7.10. The Morgan fingerprint density at radius 1 is 1.32 bits per heavy atom. The van der Waals surface area contributed by atoms with Crippen molar-refractivity contribution in [3.63, 3.8) is 0 Å². The highest BCUT2D eigenvalue weighted by Crippen LogP contribution is 2.25. The smallest absolute Gasteiger partial charge is 0.191 e. The van der Waals surface area contributed by atoms with Gasteiger partial charge in [-0.05, 0) is 31.2 Å². The molecule has 0 saturated heterocycles. The summed E-state index contributed by atoms with van der Waals surface area (Å²) >= 11 is 1.64. The largest absolute Gasteiger partial charge is 0.497 e. The van der Waals surface area contributed by atoms with Crippen LogP contribution in [0.5, 0.6) is 5.75 Å². The third kappa shape index (κ3) is 2.98. The molecule has 0 saturated carbocycles. The molecule has 0 aliphatic rings. The zero-order chi connectivity index (χ0) is 13.7. The van der Waals surface area contributed by atoms with Crippen LogP contribution in [0.25, 0.3) is 11.4 Å². The summed E-state index contributed by atoms with van der Waals surface area (Å²) in [7, 11) is 1.66. The van der Waals surface area contributed by atoms with Crippen molar-refractivity contribution in [2.75, 3.05) is 12.9 Å². The number of thioether (sulfide) groups is 1. The van der Waals surface area contributed by atoms with Crippen LogP contribution in [0, 0.1) is 0 Å². The summed E-state index contributed by atoms with van der Waals surface area (Å²) in [6.07, 6.45) is 1.87. The zero-order valence-corrected chi connectivity index (χ0v) is 12.0. The SMILES string of the molecule is C=CCSc1nnc(-c2ccc(OC)cc2)n1CC. The van der Waals surface area contributed by atoms with Gasteiger partial charge in [-0.15, -0.1) is 16.8 Å². The molecule has 0 radical (unpaired) electrons. The predicted molar refractivity (Wildman–Crippen MR) is 78.6 cm³/mol. The molecule has 19 heavy (non-hydrogen) atoms. The van der Waals surface area contributed by atoms with Gasteiger partial charge in [0, 0.05) is 17.9 Å². The molecule has 5 heteroatoms. The Balaban J connectivity index is 2.32. The zero-order valence-electron chi connectivity index (χ0n) is 11.2. The van der Waals surface area contributed by atoms with Crippen molar-refractivity contribution in [1.29, 1.82) is 0 Å². The standard InChI is InChI=1S/C14H17N3OS/c1-4-10-19-14-16-15-13(17(14)5-2)11-6-8-12(18-3)9-7-11/h4,6-9H,1,5,10H2,2-3H3. The van der Waals surface area contributed by atoms with Gasteiger partial charge in [0.2, 0.25) is 0 Å². The van der Waals surface area contributed by atoms with Crippen LogP contribution in [-0.4, -0.2) is 27.6 Å². The Morgan fingerprint density at radius 3 is 2.63 bits per heavy atom. The molecule has 0 N–H and O–H groups in total. The van der Waals surface area contributed by atoms with Gasteiger partial charge >= 0.3 is 0 Å². The number of aromatic nitrogens is 3. The maximum Gasteiger partial charge on any atom is 0.191 e. The normalized spacial score (nSPS) is 10.4. The highest BCUT2D eigenvalue weighted by atomic mass is 32.2. The fourth-order valence-electron chi connectivity index (χ4n) is 1.77. The summed E-state index contributed by atoms with van der Waals surface area (Å²) < 4.78 is 7.27. The van der Waals surface area contributed by atoms with Gasteiger partial charge in [-0.2, -0.15) is 0 Å². The number of nitrogens with zero attached hydrogens (tertiary/aromatic N) is 3. The minimum absolute atomic E-state index is 0.834. The van der Waals surface area contributed by atoms with Gasteiger partial charge in [0.25, 0.3) is 0 Å². The second kappa shape index (κ2) is 6.43. The molecule has 1 heterocycles. The van der Waals surface area contributed by atoms with Crippen molar-refractivity contribution in [2.45, 2.75) is 18.6 Å². The highest BCUT2D eigenvalue weighted by Gasteiger charge is 2.12. The van der Waals surface area contributed by atoms with E-state index < -0.39 is 0 Å². The Bertz CT molecular complexity index is 548. The molecule has 0 aliphatic heterocycles. The number of hydrogen-bond donors (Lipinski definition) is 0. The number of ether oxygens (including phenoxy) is 1. The topological polar surface area (TPSA) is 39.9 Å². The Hall–Kier alpha value is -1.75. The van der Waals surface area contributed by atoms with E-state index in [0.717, 1.165) is 34.6 Å². The van der Waals surface area contributed by atoms with Crippen molar-refractivity contribution < 1.29 is 4.74 Å². The lowest BCUT2D eigenvalue weighted by molar-refractivity contribution is 0.415. The van der Waals surface area contributed by atoms with Gasteiger partial charge in [0.15, 0.2) is 11.0 Å². The van der Waals surface area contributed by atoms with Crippen LogP contribution in [-0.2, 0) is 6.54 Å². The molecule has 100 valence electrons. The van der Waals surface area contributed by atoms with Gasteiger partial charge in [-0.1, -0.05) is 17.8 Å². The van der Waals surface area contributed by atoms with E-state index in [-0.39, 0.29) is 0 Å². The first-order chi connectivity index (χ1) is 9.30. The van der Waals surface area contributed by atoms with Crippen LogP contribution in [0.3, 0.4) is 0 Å². The summed E-state index contributed by atoms with van der Waals surface area (Å²) in [4.78, 5) is 0. The molecule has 1 aromatic carbocycles. The Kier molecular flexibility index (Phi) is 4.63. The lowest BCUT2D eigenvalue weighted by Crippen LogP contribution is -1.99. The van der Waals surface area contributed by atoms with E-state index >= 15 is 0 Å². The third-order valence-corrected chi connectivity index (χ3v) is 3.67. The van der Waals surface area contributed by atoms with Crippen LogP contribution in [0.2, 0.25) is 0 Å². The molecule has 2 aromatic rings. The lowest BCUT2D eigenvalue weighted by atomic mass is 10.2. The molecule has 1 aromatic heterocycles. The van der Waals surface area contributed by atoms with Gasteiger partial charge in [0.05, 0.1) is 7.11 Å². The number of hydrogen-bond acceptors (Lipinski definition) is 4. The average molecular weight is 275 g/mol. The van der Waals surface area contributed by atoms with E-state index in [4.69, 9.17) is 4.74 Å². The van der Waals surface area contributed by atoms with Crippen molar-refractivity contribution in [2.24, 2.45) is 0 Å². The predicted octanol–water partition coefficient (Wildman–Crippen LogP) is 3.25. The Morgan fingerprint density at radius 2 is 2.05 bits per heavy atom. The first kappa shape index (κ1) is 13.7. The molecule has 4 nitrogen and oxygen atoms in total. The molecule has 0 amide bonds. The van der Waals surface area contributed by atoms with E-state index in [1.54, 1.807) is 18.9 Å². The minimum atomic E-state index is 0.834. The van der Waals surface area contributed by atoms with Crippen LogP contribution in [0.15, 0.2) is 42.1 Å². The van der Waals surface area contributed by atoms with E-state index in [2.05, 4.69) is 28.3 Å². The summed E-state index contributed by atoms with van der Waals surface area (Å²) in [5.74, 6) is 2.56. The second-order valence-corrected chi connectivity index (χ2v) is 4.87. The molecule has 0 atom stereocenters. The van der Waals surface area contributed by atoms with Crippen molar-refractivity contribution in [1.82, 2.24) is 14.8 Å². The van der Waals surface area contributed by atoms with Gasteiger partial charge in [-0.25, -0.2) is 0 Å². The Labute approximate surface area is 117 Å². The summed E-state index contributed by atoms with van der Waals surface area (Å²) in [5.41, 5.74) is 1.04. The van der Waals surface area contributed by atoms with Crippen molar-refractivity contribution in [3.8, 4) is 17.1 Å². The fraction of sp³-hybridized carbons (Fsp3) is 0.286. The van der Waals surface area contributed by atoms with Crippen LogP contribution in [0.1, 0.15) is 6.92 Å². The van der Waals surface area contributed by atoms with Crippen LogP contribution < -0.4 is 4.74 Å². The molecule has 0 fully saturated rings. The summed E-state index contributed by atoms with van der Waals surface area (Å²) in [5, 5.41) is 9.45. The summed E-state index contributed by atoms with van der Waals surface area (Å²) in [6.45, 7) is 6.66. The number of methoxy groups -OCH3 is 1. The molecule has 0 spiro atoms. The van der Waals surface area contributed by atoms with Crippen LogP contribution >= 0.6 is 11.8 Å². The maximum atomic E-state index is 5.16.